The van der Waals surface area contributed by atoms with Crippen molar-refractivity contribution < 1.29 is 14.2 Å². The lowest BCUT2D eigenvalue weighted by atomic mass is 10.1. The Balaban J connectivity index is 1.79. The van der Waals surface area contributed by atoms with Crippen LogP contribution in [0.3, 0.4) is 0 Å². The summed E-state index contributed by atoms with van der Waals surface area (Å²) in [7, 11) is 5.08. The van der Waals surface area contributed by atoms with Gasteiger partial charge in [-0.1, -0.05) is 36.4 Å². The van der Waals surface area contributed by atoms with Crippen molar-refractivity contribution in [2.75, 3.05) is 34.5 Å². The minimum Gasteiger partial charge on any atom is -0.493 e. The normalized spacial score (nSPS) is 20.8. The average molecular weight is 313 g/mol. The van der Waals surface area contributed by atoms with Crippen LogP contribution in [0, 0.1) is 0 Å². The second kappa shape index (κ2) is 7.02. The molecule has 0 aromatic heterocycles. The van der Waals surface area contributed by atoms with Crippen molar-refractivity contribution in [1.82, 2.24) is 4.90 Å². The Kier molecular flexibility index (Phi) is 4.84. The lowest BCUT2D eigenvalue weighted by Crippen LogP contribution is -2.16. The number of methoxy groups -OCH3 is 3. The van der Waals surface area contributed by atoms with Crippen LogP contribution in [0.15, 0.2) is 48.5 Å². The number of benzene rings is 2. The molecule has 0 amide bonds. The van der Waals surface area contributed by atoms with Crippen molar-refractivity contribution >= 4 is 0 Å². The molecular formula is C19H23NO3. The van der Waals surface area contributed by atoms with Gasteiger partial charge in [0.25, 0.3) is 0 Å². The Morgan fingerprint density at radius 2 is 1.74 bits per heavy atom. The van der Waals surface area contributed by atoms with Gasteiger partial charge in [-0.15, -0.1) is 0 Å². The van der Waals surface area contributed by atoms with Gasteiger partial charge in [0.1, 0.15) is 0 Å². The van der Waals surface area contributed by atoms with Gasteiger partial charge in [-0.2, -0.15) is 0 Å². The van der Waals surface area contributed by atoms with Crippen LogP contribution >= 0.6 is 0 Å². The van der Waals surface area contributed by atoms with Crippen LogP contribution in [0.4, 0.5) is 0 Å². The number of hydrogen-bond acceptors (Lipinski definition) is 4. The third-order valence-electron chi connectivity index (χ3n) is 4.35. The van der Waals surface area contributed by atoms with Crippen molar-refractivity contribution in [2.45, 2.75) is 12.1 Å². The van der Waals surface area contributed by atoms with Gasteiger partial charge in [0.15, 0.2) is 11.5 Å². The summed E-state index contributed by atoms with van der Waals surface area (Å²) in [4.78, 5) is 2.44. The predicted molar refractivity (Wildman–Crippen MR) is 90.1 cm³/mol. The first-order valence-corrected chi connectivity index (χ1v) is 7.80. The molecule has 0 radical (unpaired) electrons. The predicted octanol–water partition coefficient (Wildman–Crippen LogP) is 3.45. The molecule has 1 heterocycles. The first-order valence-electron chi connectivity index (χ1n) is 7.80. The highest BCUT2D eigenvalue weighted by Crippen LogP contribution is 2.44. The van der Waals surface area contributed by atoms with E-state index >= 15 is 0 Å². The monoisotopic (exact) mass is 313 g/mol. The van der Waals surface area contributed by atoms with Crippen LogP contribution in [-0.2, 0) is 4.74 Å². The maximum atomic E-state index is 5.44. The van der Waals surface area contributed by atoms with E-state index in [1.54, 1.807) is 21.3 Å². The first kappa shape index (κ1) is 15.8. The highest BCUT2D eigenvalue weighted by molar-refractivity contribution is 5.45. The minimum absolute atomic E-state index is 0.277. The van der Waals surface area contributed by atoms with Gasteiger partial charge < -0.3 is 14.2 Å². The van der Waals surface area contributed by atoms with Gasteiger partial charge >= 0.3 is 0 Å². The van der Waals surface area contributed by atoms with E-state index in [4.69, 9.17) is 14.2 Å². The zero-order chi connectivity index (χ0) is 16.2. The van der Waals surface area contributed by atoms with Gasteiger partial charge in [0.05, 0.1) is 26.9 Å². The standard InChI is InChI=1S/C19H23NO3/c1-21-13-17(14-7-5-4-6-8-14)20-12-16(20)15-9-10-18(22-2)19(11-15)23-3/h4-11,16-17H,12-13H2,1-3H3/t16-,17+,20?/m1/s1. The van der Waals surface area contributed by atoms with Crippen LogP contribution in [0.1, 0.15) is 23.2 Å². The zero-order valence-corrected chi connectivity index (χ0v) is 13.9. The van der Waals surface area contributed by atoms with Crippen molar-refractivity contribution in [3.8, 4) is 11.5 Å². The highest BCUT2D eigenvalue weighted by atomic mass is 16.5. The molecule has 1 saturated heterocycles. The van der Waals surface area contributed by atoms with E-state index in [9.17, 15) is 0 Å². The van der Waals surface area contributed by atoms with Gasteiger partial charge in [-0.3, -0.25) is 4.90 Å². The maximum Gasteiger partial charge on any atom is 0.161 e. The molecule has 1 aliphatic rings. The summed E-state index contributed by atoms with van der Waals surface area (Å²) in [5.41, 5.74) is 2.54. The van der Waals surface area contributed by atoms with Crippen LogP contribution in [0.2, 0.25) is 0 Å². The Hall–Kier alpha value is -2.04. The SMILES string of the molecule is COC[C@@H](c1ccccc1)N1C[C@@H]1c1ccc(OC)c(OC)c1. The number of nitrogens with zero attached hydrogens (tertiary/aromatic N) is 1. The van der Waals surface area contributed by atoms with Crippen molar-refractivity contribution in [2.24, 2.45) is 0 Å². The van der Waals surface area contributed by atoms with Crippen LogP contribution < -0.4 is 9.47 Å². The Morgan fingerprint density at radius 1 is 1.00 bits per heavy atom. The van der Waals surface area contributed by atoms with Crippen molar-refractivity contribution in [1.29, 1.82) is 0 Å². The van der Waals surface area contributed by atoms with Gasteiger partial charge in [0, 0.05) is 19.7 Å². The maximum absolute atomic E-state index is 5.44. The molecule has 23 heavy (non-hydrogen) atoms. The third-order valence-corrected chi connectivity index (χ3v) is 4.35. The quantitative estimate of drug-likeness (QED) is 0.733. The summed E-state index contributed by atoms with van der Waals surface area (Å²) in [6.45, 7) is 1.71. The topological polar surface area (TPSA) is 30.7 Å². The fraction of sp³-hybridized carbons (Fsp3) is 0.368. The largest absolute Gasteiger partial charge is 0.493 e. The summed E-state index contributed by atoms with van der Waals surface area (Å²) < 4.78 is 16.2. The third kappa shape index (κ3) is 3.33. The van der Waals surface area contributed by atoms with Crippen LogP contribution in [0.5, 0.6) is 11.5 Å². The Bertz CT molecular complexity index is 644. The summed E-state index contributed by atoms with van der Waals surface area (Å²) in [6, 6.07) is 17.3. The molecule has 2 aromatic carbocycles. The lowest BCUT2D eigenvalue weighted by molar-refractivity contribution is 0.139. The van der Waals surface area contributed by atoms with E-state index in [1.165, 1.54) is 11.1 Å². The molecule has 1 unspecified atom stereocenters. The van der Waals surface area contributed by atoms with Crippen molar-refractivity contribution in [3.63, 3.8) is 0 Å². The van der Waals surface area contributed by atoms with Gasteiger partial charge in [-0.25, -0.2) is 0 Å². The van der Waals surface area contributed by atoms with E-state index in [0.717, 1.165) is 18.0 Å². The number of hydrogen-bond donors (Lipinski definition) is 0. The lowest BCUT2D eigenvalue weighted by Gasteiger charge is -2.19. The smallest absolute Gasteiger partial charge is 0.161 e. The summed E-state index contributed by atoms with van der Waals surface area (Å²) in [5.74, 6) is 1.54. The van der Waals surface area contributed by atoms with Crippen LogP contribution in [0.25, 0.3) is 0 Å². The molecule has 0 spiro atoms. The van der Waals surface area contributed by atoms with Gasteiger partial charge in [-0.05, 0) is 23.3 Å². The summed E-state index contributed by atoms with van der Waals surface area (Å²) in [6.07, 6.45) is 0. The molecule has 2 aromatic rings. The molecule has 4 nitrogen and oxygen atoms in total. The fourth-order valence-corrected chi connectivity index (χ4v) is 3.07. The molecule has 122 valence electrons. The van der Waals surface area contributed by atoms with E-state index in [1.807, 2.05) is 12.1 Å². The van der Waals surface area contributed by atoms with E-state index in [2.05, 4.69) is 41.3 Å². The molecule has 3 atom stereocenters. The second-order valence-corrected chi connectivity index (χ2v) is 5.71. The minimum atomic E-state index is 0.277. The second-order valence-electron chi connectivity index (χ2n) is 5.71. The van der Waals surface area contributed by atoms with E-state index < -0.39 is 0 Å². The summed E-state index contributed by atoms with van der Waals surface area (Å²) in [5, 5.41) is 0. The van der Waals surface area contributed by atoms with Crippen molar-refractivity contribution in [3.05, 3.63) is 59.7 Å². The molecular weight excluding hydrogens is 290 g/mol. The van der Waals surface area contributed by atoms with E-state index in [0.29, 0.717) is 12.6 Å². The molecule has 4 heteroatoms. The van der Waals surface area contributed by atoms with Gasteiger partial charge in [0.2, 0.25) is 0 Å². The van der Waals surface area contributed by atoms with E-state index in [-0.39, 0.29) is 6.04 Å². The zero-order valence-electron chi connectivity index (χ0n) is 13.9. The molecule has 0 aliphatic carbocycles. The molecule has 1 aliphatic heterocycles. The first-order chi connectivity index (χ1) is 11.3. The average Bonchev–Trinajstić information content (AvgIpc) is 3.40. The molecule has 0 bridgehead atoms. The molecule has 3 rings (SSSR count). The fourth-order valence-electron chi connectivity index (χ4n) is 3.07. The molecule has 1 fully saturated rings. The number of ether oxygens (including phenoxy) is 3. The summed E-state index contributed by atoms with van der Waals surface area (Å²) >= 11 is 0. The molecule has 0 saturated carbocycles. The Labute approximate surface area is 137 Å². The molecule has 0 N–H and O–H groups in total. The van der Waals surface area contributed by atoms with Crippen LogP contribution in [-0.4, -0.2) is 39.4 Å². The highest BCUT2D eigenvalue weighted by Gasteiger charge is 2.41. The Morgan fingerprint density at radius 3 is 2.39 bits per heavy atom. The number of rotatable bonds is 7.